The molecule has 2 N–H and O–H groups in total. The lowest BCUT2D eigenvalue weighted by atomic mass is 10.1. The van der Waals surface area contributed by atoms with E-state index in [0.717, 1.165) is 27.1 Å². The van der Waals surface area contributed by atoms with Crippen molar-refractivity contribution in [2.24, 2.45) is 0 Å². The van der Waals surface area contributed by atoms with Gasteiger partial charge in [-0.3, -0.25) is 4.79 Å². The number of fused-ring (bicyclic) bond motifs is 1. The number of amides is 1. The first kappa shape index (κ1) is 18.3. The van der Waals surface area contributed by atoms with Crippen LogP contribution in [-0.4, -0.2) is 29.5 Å². The number of rotatable bonds is 7. The fourth-order valence-corrected chi connectivity index (χ4v) is 3.40. The molecule has 0 spiro atoms. The number of anilines is 1. The maximum Gasteiger partial charge on any atom is 0.221 e. The molecule has 0 bridgehead atoms. The molecule has 0 unspecified atom stereocenters. The van der Waals surface area contributed by atoms with Gasteiger partial charge in [-0.1, -0.05) is 36.4 Å². The van der Waals surface area contributed by atoms with E-state index < -0.39 is 6.10 Å². The maximum absolute atomic E-state index is 11.0. The summed E-state index contributed by atoms with van der Waals surface area (Å²) < 4.78 is 5.82. The summed E-state index contributed by atoms with van der Waals surface area (Å²) in [6.45, 7) is 1.72. The van der Waals surface area contributed by atoms with Crippen molar-refractivity contribution >= 4 is 34.1 Å². The zero-order valence-electron chi connectivity index (χ0n) is 14.5. The Balaban J connectivity index is 1.51. The van der Waals surface area contributed by atoms with Crippen LogP contribution in [0.3, 0.4) is 0 Å². The number of hydrogen-bond acceptors (Lipinski definition) is 4. The Morgan fingerprint density at radius 1 is 1.08 bits per heavy atom. The van der Waals surface area contributed by atoms with Gasteiger partial charge in [0.05, 0.1) is 6.10 Å². The zero-order valence-corrected chi connectivity index (χ0v) is 15.3. The smallest absolute Gasteiger partial charge is 0.221 e. The largest absolute Gasteiger partial charge is 0.490 e. The number of nitrogens with one attached hydrogen (secondary N) is 1. The highest BCUT2D eigenvalue weighted by atomic mass is 32.2. The van der Waals surface area contributed by atoms with Crippen molar-refractivity contribution < 1.29 is 14.6 Å². The topological polar surface area (TPSA) is 58.6 Å². The van der Waals surface area contributed by atoms with Gasteiger partial charge in [-0.15, -0.1) is 11.8 Å². The molecule has 0 radical (unpaired) electrons. The molecule has 0 aromatic heterocycles. The van der Waals surface area contributed by atoms with Crippen LogP contribution in [0.2, 0.25) is 0 Å². The molecule has 0 heterocycles. The Bertz CT molecular complexity index is 875. The molecular formula is C21H21NO3S. The van der Waals surface area contributed by atoms with Crippen LogP contribution < -0.4 is 10.1 Å². The normalized spacial score (nSPS) is 11.9. The summed E-state index contributed by atoms with van der Waals surface area (Å²) in [6.07, 6.45) is -0.575. The predicted octanol–water partition coefficient (Wildman–Crippen LogP) is 4.33. The van der Waals surface area contributed by atoms with Gasteiger partial charge < -0.3 is 15.2 Å². The summed E-state index contributed by atoms with van der Waals surface area (Å²) in [7, 11) is 0. The van der Waals surface area contributed by atoms with Crippen molar-refractivity contribution in [3.63, 3.8) is 0 Å². The summed E-state index contributed by atoms with van der Waals surface area (Å²) in [5.41, 5.74) is 0.765. The lowest BCUT2D eigenvalue weighted by molar-refractivity contribution is -0.114. The Morgan fingerprint density at radius 3 is 2.58 bits per heavy atom. The minimum absolute atomic E-state index is 0.0913. The molecule has 1 amide bonds. The predicted molar refractivity (Wildman–Crippen MR) is 107 cm³/mol. The summed E-state index contributed by atoms with van der Waals surface area (Å²) in [4.78, 5) is 12.1. The third-order valence-electron chi connectivity index (χ3n) is 3.80. The van der Waals surface area contributed by atoms with E-state index in [9.17, 15) is 9.90 Å². The highest BCUT2D eigenvalue weighted by Crippen LogP contribution is 2.26. The van der Waals surface area contributed by atoms with E-state index in [-0.39, 0.29) is 12.5 Å². The first-order chi connectivity index (χ1) is 12.6. The molecule has 1 atom stereocenters. The standard InChI is InChI=1S/C21H21NO3S/c1-15(23)22-17-9-11-19(12-10-17)26-14-18(24)13-25-21-8-4-6-16-5-2-3-7-20(16)21/h2-12,18,24H,13-14H2,1H3,(H,22,23)/t18-/m0/s1. The molecule has 0 aliphatic carbocycles. The summed E-state index contributed by atoms with van der Waals surface area (Å²) in [5.74, 6) is 1.22. The Morgan fingerprint density at radius 2 is 1.81 bits per heavy atom. The van der Waals surface area contributed by atoms with Crippen LogP contribution in [-0.2, 0) is 4.79 Å². The summed E-state index contributed by atoms with van der Waals surface area (Å²) >= 11 is 1.55. The van der Waals surface area contributed by atoms with Crippen LogP contribution in [0.1, 0.15) is 6.92 Å². The van der Waals surface area contributed by atoms with Crippen molar-refractivity contribution in [1.29, 1.82) is 0 Å². The van der Waals surface area contributed by atoms with Crippen molar-refractivity contribution in [2.75, 3.05) is 17.7 Å². The molecule has 3 aromatic carbocycles. The van der Waals surface area contributed by atoms with E-state index in [1.54, 1.807) is 11.8 Å². The van der Waals surface area contributed by atoms with Gasteiger partial charge in [0.25, 0.3) is 0 Å². The third kappa shape index (κ3) is 5.00. The van der Waals surface area contributed by atoms with E-state index in [2.05, 4.69) is 5.32 Å². The first-order valence-electron chi connectivity index (χ1n) is 8.41. The quantitative estimate of drug-likeness (QED) is 0.610. The third-order valence-corrected chi connectivity index (χ3v) is 4.95. The van der Waals surface area contributed by atoms with Crippen molar-refractivity contribution in [1.82, 2.24) is 0 Å². The van der Waals surface area contributed by atoms with Crippen LogP contribution in [0.25, 0.3) is 10.8 Å². The zero-order chi connectivity index (χ0) is 18.4. The monoisotopic (exact) mass is 367 g/mol. The summed E-state index contributed by atoms with van der Waals surface area (Å²) in [6, 6.07) is 21.5. The number of carbonyl (C=O) groups is 1. The Kier molecular flexibility index (Phi) is 6.15. The van der Waals surface area contributed by atoms with Gasteiger partial charge >= 0.3 is 0 Å². The molecule has 0 saturated carbocycles. The van der Waals surface area contributed by atoms with Gasteiger partial charge in [0.1, 0.15) is 12.4 Å². The van der Waals surface area contributed by atoms with Gasteiger partial charge in [-0.05, 0) is 35.7 Å². The molecule has 0 fully saturated rings. The molecule has 0 saturated heterocycles. The lowest BCUT2D eigenvalue weighted by Crippen LogP contribution is -2.20. The van der Waals surface area contributed by atoms with E-state index in [1.165, 1.54) is 6.92 Å². The number of carbonyl (C=O) groups excluding carboxylic acids is 1. The maximum atomic E-state index is 11.0. The average Bonchev–Trinajstić information content (AvgIpc) is 2.65. The second kappa shape index (κ2) is 8.74. The molecule has 26 heavy (non-hydrogen) atoms. The number of hydrogen-bond donors (Lipinski definition) is 2. The van der Waals surface area contributed by atoms with Gasteiger partial charge in [0.15, 0.2) is 0 Å². The molecule has 4 nitrogen and oxygen atoms in total. The van der Waals surface area contributed by atoms with E-state index in [1.807, 2.05) is 66.7 Å². The number of aliphatic hydroxyl groups excluding tert-OH is 1. The highest BCUT2D eigenvalue weighted by Gasteiger charge is 2.08. The molecule has 134 valence electrons. The Hall–Kier alpha value is -2.50. The molecule has 3 rings (SSSR count). The van der Waals surface area contributed by atoms with Crippen LogP contribution >= 0.6 is 11.8 Å². The molecule has 0 aliphatic rings. The molecule has 3 aromatic rings. The number of thioether (sulfide) groups is 1. The Labute approximate surface area is 157 Å². The first-order valence-corrected chi connectivity index (χ1v) is 9.39. The van der Waals surface area contributed by atoms with Crippen LogP contribution in [0.4, 0.5) is 5.69 Å². The van der Waals surface area contributed by atoms with Crippen LogP contribution in [0.15, 0.2) is 71.6 Å². The number of ether oxygens (including phenoxy) is 1. The van der Waals surface area contributed by atoms with Gasteiger partial charge in [-0.25, -0.2) is 0 Å². The van der Waals surface area contributed by atoms with E-state index >= 15 is 0 Å². The van der Waals surface area contributed by atoms with Crippen molar-refractivity contribution in [2.45, 2.75) is 17.9 Å². The van der Waals surface area contributed by atoms with Gasteiger partial charge in [-0.2, -0.15) is 0 Å². The fraction of sp³-hybridized carbons (Fsp3) is 0.190. The molecule has 5 heteroatoms. The molecular weight excluding hydrogens is 346 g/mol. The van der Waals surface area contributed by atoms with Crippen LogP contribution in [0.5, 0.6) is 5.75 Å². The minimum Gasteiger partial charge on any atom is -0.490 e. The van der Waals surface area contributed by atoms with Gasteiger partial charge in [0.2, 0.25) is 5.91 Å². The average molecular weight is 367 g/mol. The van der Waals surface area contributed by atoms with E-state index in [0.29, 0.717) is 5.75 Å². The fourth-order valence-electron chi connectivity index (χ4n) is 2.59. The number of benzene rings is 3. The molecule has 0 aliphatic heterocycles. The van der Waals surface area contributed by atoms with E-state index in [4.69, 9.17) is 4.74 Å². The minimum atomic E-state index is -0.575. The number of aliphatic hydroxyl groups is 1. The van der Waals surface area contributed by atoms with Crippen molar-refractivity contribution in [3.8, 4) is 5.75 Å². The van der Waals surface area contributed by atoms with Crippen LogP contribution in [0, 0.1) is 0 Å². The lowest BCUT2D eigenvalue weighted by Gasteiger charge is -2.14. The van der Waals surface area contributed by atoms with Crippen molar-refractivity contribution in [3.05, 3.63) is 66.7 Å². The SMILES string of the molecule is CC(=O)Nc1ccc(SC[C@@H](O)COc2cccc3ccccc23)cc1. The highest BCUT2D eigenvalue weighted by molar-refractivity contribution is 7.99. The van der Waals surface area contributed by atoms with Gasteiger partial charge in [0, 0.05) is 28.6 Å². The summed E-state index contributed by atoms with van der Waals surface area (Å²) in [5, 5.41) is 15.1. The second-order valence-electron chi connectivity index (χ2n) is 5.96. The second-order valence-corrected chi connectivity index (χ2v) is 7.05.